The normalized spacial score (nSPS) is 23.5. The Kier molecular flexibility index (Phi) is 5.02. The Balaban J connectivity index is 2.37. The summed E-state index contributed by atoms with van der Waals surface area (Å²) in [5.74, 6) is 0.233. The molecule has 0 saturated carbocycles. The summed E-state index contributed by atoms with van der Waals surface area (Å²) < 4.78 is 25.4. The molecule has 0 amide bonds. The number of nitrogens with one attached hydrogen (secondary N) is 1. The third-order valence-electron chi connectivity index (χ3n) is 2.81. The molecule has 1 aliphatic heterocycles. The van der Waals surface area contributed by atoms with Crippen LogP contribution in [0.25, 0.3) is 0 Å². The zero-order valence-corrected chi connectivity index (χ0v) is 10.5. The minimum Gasteiger partial charge on any atom is -0.316 e. The van der Waals surface area contributed by atoms with Crippen LogP contribution >= 0.6 is 0 Å². The first kappa shape index (κ1) is 12.9. The SMILES string of the molecule is CCCNCCS(=O)(=O)N1CCCC1C. The molecule has 0 aromatic rings. The van der Waals surface area contributed by atoms with Crippen LogP contribution in [0.4, 0.5) is 0 Å². The minimum atomic E-state index is -3.02. The molecule has 1 N–H and O–H groups in total. The van der Waals surface area contributed by atoms with Crippen LogP contribution in [-0.4, -0.2) is 44.2 Å². The van der Waals surface area contributed by atoms with Crippen molar-refractivity contribution in [2.75, 3.05) is 25.4 Å². The van der Waals surface area contributed by atoms with Gasteiger partial charge in [0, 0.05) is 19.1 Å². The van der Waals surface area contributed by atoms with Gasteiger partial charge in [-0.3, -0.25) is 0 Å². The van der Waals surface area contributed by atoms with Crippen molar-refractivity contribution >= 4 is 10.0 Å². The van der Waals surface area contributed by atoms with E-state index in [4.69, 9.17) is 0 Å². The second kappa shape index (κ2) is 5.82. The largest absolute Gasteiger partial charge is 0.316 e. The average Bonchev–Trinajstić information content (AvgIpc) is 2.60. The smallest absolute Gasteiger partial charge is 0.215 e. The highest BCUT2D eigenvalue weighted by Gasteiger charge is 2.30. The predicted octanol–water partition coefficient (Wildman–Crippen LogP) is 0.800. The van der Waals surface area contributed by atoms with Gasteiger partial charge in [-0.25, -0.2) is 8.42 Å². The summed E-state index contributed by atoms with van der Waals surface area (Å²) >= 11 is 0. The molecular formula is C10H22N2O2S. The van der Waals surface area contributed by atoms with E-state index in [9.17, 15) is 8.42 Å². The molecule has 90 valence electrons. The van der Waals surface area contributed by atoms with Crippen LogP contribution in [-0.2, 0) is 10.0 Å². The lowest BCUT2D eigenvalue weighted by molar-refractivity contribution is 0.407. The van der Waals surface area contributed by atoms with Crippen molar-refractivity contribution in [1.29, 1.82) is 0 Å². The zero-order valence-electron chi connectivity index (χ0n) is 9.70. The van der Waals surface area contributed by atoms with E-state index >= 15 is 0 Å². The lowest BCUT2D eigenvalue weighted by Crippen LogP contribution is -2.38. The van der Waals surface area contributed by atoms with Gasteiger partial charge >= 0.3 is 0 Å². The van der Waals surface area contributed by atoms with E-state index in [-0.39, 0.29) is 11.8 Å². The molecule has 1 unspecified atom stereocenters. The molecule has 5 heteroatoms. The molecule has 1 heterocycles. The van der Waals surface area contributed by atoms with Crippen molar-refractivity contribution in [2.24, 2.45) is 0 Å². The van der Waals surface area contributed by atoms with Crippen LogP contribution in [0.2, 0.25) is 0 Å². The van der Waals surface area contributed by atoms with E-state index in [0.29, 0.717) is 13.1 Å². The lowest BCUT2D eigenvalue weighted by atomic mass is 10.3. The van der Waals surface area contributed by atoms with Gasteiger partial charge in [-0.05, 0) is 32.7 Å². The first-order valence-corrected chi connectivity index (χ1v) is 7.39. The molecular weight excluding hydrogens is 212 g/mol. The van der Waals surface area contributed by atoms with Crippen molar-refractivity contribution in [1.82, 2.24) is 9.62 Å². The summed E-state index contributed by atoms with van der Waals surface area (Å²) in [6.45, 7) is 6.23. The molecule has 1 fully saturated rings. The molecule has 1 rings (SSSR count). The molecule has 0 radical (unpaired) electrons. The summed E-state index contributed by atoms with van der Waals surface area (Å²) in [5.41, 5.74) is 0. The van der Waals surface area contributed by atoms with Gasteiger partial charge < -0.3 is 5.32 Å². The summed E-state index contributed by atoms with van der Waals surface area (Å²) in [6.07, 6.45) is 3.05. The maximum absolute atomic E-state index is 11.9. The molecule has 0 bridgehead atoms. The first-order valence-electron chi connectivity index (χ1n) is 5.78. The maximum Gasteiger partial charge on any atom is 0.215 e. The number of nitrogens with zero attached hydrogens (tertiary/aromatic N) is 1. The molecule has 0 spiro atoms. The Bertz CT molecular complexity index is 277. The van der Waals surface area contributed by atoms with Crippen molar-refractivity contribution in [3.63, 3.8) is 0 Å². The standard InChI is InChI=1S/C10H22N2O2S/c1-3-6-11-7-9-15(13,14)12-8-4-5-10(12)2/h10-11H,3-9H2,1-2H3. The van der Waals surface area contributed by atoms with Gasteiger partial charge in [-0.15, -0.1) is 0 Å². The van der Waals surface area contributed by atoms with Gasteiger partial charge in [0.25, 0.3) is 0 Å². The van der Waals surface area contributed by atoms with Gasteiger partial charge in [-0.1, -0.05) is 6.92 Å². The van der Waals surface area contributed by atoms with Crippen molar-refractivity contribution in [3.05, 3.63) is 0 Å². The molecule has 1 saturated heterocycles. The Morgan fingerprint density at radius 2 is 2.13 bits per heavy atom. The predicted molar refractivity (Wildman–Crippen MR) is 62.3 cm³/mol. The van der Waals surface area contributed by atoms with Crippen LogP contribution in [0.15, 0.2) is 0 Å². The van der Waals surface area contributed by atoms with Crippen LogP contribution in [0, 0.1) is 0 Å². The third kappa shape index (κ3) is 3.74. The maximum atomic E-state index is 11.9. The summed E-state index contributed by atoms with van der Waals surface area (Å²) in [4.78, 5) is 0. The minimum absolute atomic E-state index is 0.196. The Morgan fingerprint density at radius 3 is 2.67 bits per heavy atom. The topological polar surface area (TPSA) is 49.4 Å². The van der Waals surface area contributed by atoms with Gasteiger partial charge in [-0.2, -0.15) is 4.31 Å². The Morgan fingerprint density at radius 1 is 1.40 bits per heavy atom. The third-order valence-corrected chi connectivity index (χ3v) is 4.79. The molecule has 0 aromatic carbocycles. The van der Waals surface area contributed by atoms with Crippen LogP contribution < -0.4 is 5.32 Å². The van der Waals surface area contributed by atoms with Gasteiger partial charge in [0.05, 0.1) is 5.75 Å². The van der Waals surface area contributed by atoms with Gasteiger partial charge in [0.2, 0.25) is 10.0 Å². The van der Waals surface area contributed by atoms with E-state index < -0.39 is 10.0 Å². The average molecular weight is 234 g/mol. The van der Waals surface area contributed by atoms with Crippen LogP contribution in [0.3, 0.4) is 0 Å². The number of hydrogen-bond donors (Lipinski definition) is 1. The van der Waals surface area contributed by atoms with E-state index in [1.165, 1.54) is 0 Å². The van der Waals surface area contributed by atoms with Gasteiger partial charge in [0.1, 0.15) is 0 Å². The van der Waals surface area contributed by atoms with E-state index in [2.05, 4.69) is 12.2 Å². The van der Waals surface area contributed by atoms with Crippen molar-refractivity contribution < 1.29 is 8.42 Å². The second-order valence-corrected chi connectivity index (χ2v) is 6.21. The Labute approximate surface area is 93.1 Å². The highest BCUT2D eigenvalue weighted by molar-refractivity contribution is 7.89. The summed E-state index contributed by atoms with van der Waals surface area (Å²) in [5, 5.41) is 3.12. The molecule has 15 heavy (non-hydrogen) atoms. The van der Waals surface area contributed by atoms with Crippen LogP contribution in [0.5, 0.6) is 0 Å². The lowest BCUT2D eigenvalue weighted by Gasteiger charge is -2.20. The number of sulfonamides is 1. The number of rotatable bonds is 6. The monoisotopic (exact) mass is 234 g/mol. The molecule has 1 aliphatic rings. The van der Waals surface area contributed by atoms with E-state index in [1.54, 1.807) is 4.31 Å². The fourth-order valence-electron chi connectivity index (χ4n) is 1.94. The molecule has 1 atom stereocenters. The van der Waals surface area contributed by atoms with Crippen molar-refractivity contribution in [3.8, 4) is 0 Å². The zero-order chi connectivity index (χ0) is 11.3. The highest BCUT2D eigenvalue weighted by Crippen LogP contribution is 2.20. The van der Waals surface area contributed by atoms with Crippen molar-refractivity contribution in [2.45, 2.75) is 39.2 Å². The van der Waals surface area contributed by atoms with E-state index in [1.807, 2.05) is 6.92 Å². The summed E-state index contributed by atoms with van der Waals surface area (Å²) in [7, 11) is -3.02. The summed E-state index contributed by atoms with van der Waals surface area (Å²) in [6, 6.07) is 0.196. The highest BCUT2D eigenvalue weighted by atomic mass is 32.2. The first-order chi connectivity index (χ1) is 7.08. The fraction of sp³-hybridized carbons (Fsp3) is 1.00. The second-order valence-electron chi connectivity index (χ2n) is 4.17. The number of hydrogen-bond acceptors (Lipinski definition) is 3. The molecule has 0 aromatic heterocycles. The molecule has 0 aliphatic carbocycles. The van der Waals surface area contributed by atoms with Gasteiger partial charge in [0.15, 0.2) is 0 Å². The molecule has 4 nitrogen and oxygen atoms in total. The van der Waals surface area contributed by atoms with E-state index in [0.717, 1.165) is 25.8 Å². The Hall–Kier alpha value is -0.130. The fourth-order valence-corrected chi connectivity index (χ4v) is 3.64. The quantitative estimate of drug-likeness (QED) is 0.692. The van der Waals surface area contributed by atoms with Crippen LogP contribution in [0.1, 0.15) is 33.1 Å².